The number of carbonyl (C=O) groups is 3. The summed E-state index contributed by atoms with van der Waals surface area (Å²) in [7, 11) is 1.30. The first-order chi connectivity index (χ1) is 6.72. The maximum Gasteiger partial charge on any atom is 0.305 e. The maximum absolute atomic E-state index is 10.2. The lowest BCUT2D eigenvalue weighted by molar-refractivity contribution is -0.141. The smallest absolute Gasteiger partial charge is 0.305 e. The second-order valence-corrected chi connectivity index (χ2v) is 2.31. The zero-order chi connectivity index (χ0) is 11.2. The van der Waals surface area contributed by atoms with Crippen LogP contribution < -0.4 is 0 Å². The van der Waals surface area contributed by atoms with Crippen molar-refractivity contribution in [2.45, 2.75) is 25.7 Å². The molecule has 82 valence electrons. The molecule has 0 saturated heterocycles. The molecule has 0 aliphatic rings. The largest absolute Gasteiger partial charge is 0.469 e. The van der Waals surface area contributed by atoms with Gasteiger partial charge in [0.15, 0.2) is 0 Å². The Morgan fingerprint density at radius 2 is 1.86 bits per heavy atom. The Morgan fingerprint density at radius 1 is 1.29 bits per heavy atom. The van der Waals surface area contributed by atoms with Gasteiger partial charge in [0.05, 0.1) is 13.5 Å². The van der Waals surface area contributed by atoms with E-state index in [-0.39, 0.29) is 25.4 Å². The SMILES string of the molecule is COC(=O)CCC=O.O=CCCCO. The van der Waals surface area contributed by atoms with Crippen LogP contribution in [0.1, 0.15) is 25.7 Å². The molecule has 0 aromatic heterocycles. The minimum atomic E-state index is -0.336. The molecule has 5 heteroatoms. The molecule has 0 unspecified atom stereocenters. The summed E-state index contributed by atoms with van der Waals surface area (Å²) < 4.78 is 4.25. The summed E-state index contributed by atoms with van der Waals surface area (Å²) in [6, 6.07) is 0. The van der Waals surface area contributed by atoms with E-state index in [9.17, 15) is 14.4 Å². The highest BCUT2D eigenvalue weighted by Gasteiger charge is 1.95. The average molecular weight is 204 g/mol. The number of hydrogen-bond acceptors (Lipinski definition) is 5. The fourth-order valence-electron chi connectivity index (χ4n) is 0.453. The van der Waals surface area contributed by atoms with Gasteiger partial charge < -0.3 is 19.4 Å². The zero-order valence-electron chi connectivity index (χ0n) is 8.27. The summed E-state index contributed by atoms with van der Waals surface area (Å²) >= 11 is 0. The Balaban J connectivity index is 0. The summed E-state index contributed by atoms with van der Waals surface area (Å²) in [5, 5.41) is 8.04. The van der Waals surface area contributed by atoms with Gasteiger partial charge in [-0.15, -0.1) is 0 Å². The third-order valence-corrected chi connectivity index (χ3v) is 1.17. The molecule has 14 heavy (non-hydrogen) atoms. The lowest BCUT2D eigenvalue weighted by atomic mass is 10.3. The first-order valence-corrected chi connectivity index (χ1v) is 4.27. The van der Waals surface area contributed by atoms with E-state index in [4.69, 9.17) is 5.11 Å². The molecule has 0 atom stereocenters. The minimum absolute atomic E-state index is 0.124. The molecular formula is C9H16O5. The van der Waals surface area contributed by atoms with Crippen LogP contribution in [0.15, 0.2) is 0 Å². The molecule has 0 fully saturated rings. The molecule has 0 amide bonds. The highest BCUT2D eigenvalue weighted by molar-refractivity contribution is 5.72. The highest BCUT2D eigenvalue weighted by Crippen LogP contribution is 1.85. The predicted molar refractivity (Wildman–Crippen MR) is 49.7 cm³/mol. The number of aliphatic hydroxyl groups is 1. The van der Waals surface area contributed by atoms with Crippen molar-refractivity contribution in [2.75, 3.05) is 13.7 Å². The molecule has 0 heterocycles. The van der Waals surface area contributed by atoms with Crippen molar-refractivity contribution in [3.8, 4) is 0 Å². The van der Waals surface area contributed by atoms with Crippen LogP contribution in [-0.4, -0.2) is 37.4 Å². The molecule has 0 aliphatic heterocycles. The van der Waals surface area contributed by atoms with E-state index in [0.717, 1.165) is 6.29 Å². The maximum atomic E-state index is 10.2. The van der Waals surface area contributed by atoms with Crippen molar-refractivity contribution in [3.63, 3.8) is 0 Å². The molecular weight excluding hydrogens is 188 g/mol. The van der Waals surface area contributed by atoms with Crippen molar-refractivity contribution >= 4 is 18.5 Å². The molecule has 5 nitrogen and oxygen atoms in total. The van der Waals surface area contributed by atoms with Gasteiger partial charge in [-0.25, -0.2) is 0 Å². The Morgan fingerprint density at radius 3 is 2.14 bits per heavy atom. The van der Waals surface area contributed by atoms with E-state index in [2.05, 4.69) is 4.74 Å². The molecule has 0 rings (SSSR count). The van der Waals surface area contributed by atoms with Gasteiger partial charge in [-0.05, 0) is 6.42 Å². The Labute approximate surface area is 83.1 Å². The molecule has 0 saturated carbocycles. The van der Waals surface area contributed by atoms with E-state index in [1.807, 2.05) is 0 Å². The van der Waals surface area contributed by atoms with E-state index < -0.39 is 0 Å². The molecule has 0 aromatic rings. The lowest BCUT2D eigenvalue weighted by Gasteiger charge is -1.90. The van der Waals surface area contributed by atoms with E-state index in [1.54, 1.807) is 0 Å². The van der Waals surface area contributed by atoms with Crippen LogP contribution in [0.3, 0.4) is 0 Å². The molecule has 0 bridgehead atoms. The van der Waals surface area contributed by atoms with Crippen LogP contribution in [0.25, 0.3) is 0 Å². The summed E-state index contributed by atoms with van der Waals surface area (Å²) in [4.78, 5) is 29.3. The second kappa shape index (κ2) is 14.3. The van der Waals surface area contributed by atoms with Gasteiger partial charge in [0.2, 0.25) is 0 Å². The molecule has 0 radical (unpaired) electrons. The van der Waals surface area contributed by atoms with Gasteiger partial charge in [0.25, 0.3) is 0 Å². The van der Waals surface area contributed by atoms with Crippen molar-refractivity contribution in [2.24, 2.45) is 0 Å². The molecule has 1 N–H and O–H groups in total. The summed E-state index contributed by atoms with van der Waals surface area (Å²) in [6.07, 6.45) is 3.03. The van der Waals surface area contributed by atoms with Crippen LogP contribution in [0.5, 0.6) is 0 Å². The minimum Gasteiger partial charge on any atom is -0.469 e. The Hall–Kier alpha value is -1.23. The fraction of sp³-hybridized carbons (Fsp3) is 0.667. The van der Waals surface area contributed by atoms with E-state index >= 15 is 0 Å². The highest BCUT2D eigenvalue weighted by atomic mass is 16.5. The number of hydrogen-bond donors (Lipinski definition) is 1. The first-order valence-electron chi connectivity index (χ1n) is 4.27. The van der Waals surface area contributed by atoms with Crippen LogP contribution in [-0.2, 0) is 19.1 Å². The van der Waals surface area contributed by atoms with Crippen molar-refractivity contribution in [3.05, 3.63) is 0 Å². The van der Waals surface area contributed by atoms with Crippen LogP contribution in [0, 0.1) is 0 Å². The Bertz CT molecular complexity index is 155. The van der Waals surface area contributed by atoms with Crippen molar-refractivity contribution in [1.29, 1.82) is 0 Å². The van der Waals surface area contributed by atoms with Gasteiger partial charge in [-0.2, -0.15) is 0 Å². The second-order valence-electron chi connectivity index (χ2n) is 2.31. The topological polar surface area (TPSA) is 80.7 Å². The van der Waals surface area contributed by atoms with Crippen molar-refractivity contribution < 1.29 is 24.2 Å². The number of aldehydes is 2. The fourth-order valence-corrected chi connectivity index (χ4v) is 0.453. The Kier molecular flexibility index (Phi) is 15.6. The third-order valence-electron chi connectivity index (χ3n) is 1.17. The summed E-state index contributed by atoms with van der Waals surface area (Å²) in [5.41, 5.74) is 0. The van der Waals surface area contributed by atoms with Crippen molar-refractivity contribution in [1.82, 2.24) is 0 Å². The van der Waals surface area contributed by atoms with E-state index in [0.29, 0.717) is 19.1 Å². The number of methoxy groups -OCH3 is 1. The third kappa shape index (κ3) is 17.0. The molecule has 0 aromatic carbocycles. The quantitative estimate of drug-likeness (QED) is 0.377. The first kappa shape index (κ1) is 15.3. The zero-order valence-corrected chi connectivity index (χ0v) is 8.27. The number of ether oxygens (including phenoxy) is 1. The number of esters is 1. The van der Waals surface area contributed by atoms with Crippen LogP contribution >= 0.6 is 0 Å². The van der Waals surface area contributed by atoms with Gasteiger partial charge in [0, 0.05) is 19.4 Å². The van der Waals surface area contributed by atoms with Crippen LogP contribution in [0.2, 0.25) is 0 Å². The normalized spacial score (nSPS) is 8.14. The van der Waals surface area contributed by atoms with Crippen LogP contribution in [0.4, 0.5) is 0 Å². The number of unbranched alkanes of at least 4 members (excludes halogenated alkanes) is 1. The molecule has 0 aliphatic carbocycles. The van der Waals surface area contributed by atoms with Gasteiger partial charge in [0.1, 0.15) is 12.6 Å². The monoisotopic (exact) mass is 204 g/mol. The number of carbonyl (C=O) groups excluding carboxylic acids is 3. The lowest BCUT2D eigenvalue weighted by Crippen LogP contribution is -1.99. The van der Waals surface area contributed by atoms with Gasteiger partial charge in [-0.3, -0.25) is 4.79 Å². The average Bonchev–Trinajstić information content (AvgIpc) is 2.23. The summed E-state index contributed by atoms with van der Waals surface area (Å²) in [5.74, 6) is -0.336. The summed E-state index contributed by atoms with van der Waals surface area (Å²) in [6.45, 7) is 0.124. The molecule has 0 spiro atoms. The number of aliphatic hydroxyl groups excluding tert-OH is 1. The van der Waals surface area contributed by atoms with Gasteiger partial charge in [-0.1, -0.05) is 0 Å². The van der Waals surface area contributed by atoms with E-state index in [1.165, 1.54) is 7.11 Å². The van der Waals surface area contributed by atoms with Gasteiger partial charge >= 0.3 is 5.97 Å². The number of rotatable bonds is 6. The predicted octanol–water partition coefficient (Wildman–Crippen LogP) is 0.0963. The standard InChI is InChI=1S/C5H8O3.C4H8O2/c1-8-5(7)3-2-4-6;5-3-1-2-4-6/h4H,2-3H2,1H3;3,6H,1-2,4H2.